The van der Waals surface area contributed by atoms with Gasteiger partial charge in [-0.15, -0.1) is 0 Å². The highest BCUT2D eigenvalue weighted by molar-refractivity contribution is 7.47. The lowest BCUT2D eigenvalue weighted by Crippen LogP contribution is -2.30. The number of hydrogen-bond donors (Lipinski definition) is 3. The van der Waals surface area contributed by atoms with Crippen molar-refractivity contribution in [3.63, 3.8) is 0 Å². The molecule has 106 heavy (non-hydrogen) atoms. The fourth-order valence-corrected chi connectivity index (χ4v) is 11.3. The van der Waals surface area contributed by atoms with Crippen LogP contribution in [0.15, 0.2) is 194 Å². The number of hydrogen-bond acceptors (Lipinski definition) is 15. The Morgan fingerprint density at radius 2 is 0.547 bits per heavy atom. The number of aliphatic hydroxyl groups excluding tert-OH is 1. The van der Waals surface area contributed by atoms with Crippen molar-refractivity contribution in [2.24, 2.45) is 0 Å². The van der Waals surface area contributed by atoms with Gasteiger partial charge in [0.1, 0.15) is 19.3 Å². The number of esters is 4. The zero-order valence-electron chi connectivity index (χ0n) is 65.3. The number of allylic oxidation sites excluding steroid dienone is 31. The Bertz CT molecular complexity index is 2780. The van der Waals surface area contributed by atoms with Crippen LogP contribution >= 0.6 is 15.6 Å². The molecule has 0 saturated heterocycles. The first-order valence-electron chi connectivity index (χ1n) is 39.7. The van der Waals surface area contributed by atoms with E-state index in [4.69, 9.17) is 37.0 Å². The van der Waals surface area contributed by atoms with Gasteiger partial charge in [0, 0.05) is 19.3 Å². The number of phosphoric acid groups is 2. The maximum absolute atomic E-state index is 13.1. The minimum Gasteiger partial charge on any atom is -0.462 e. The van der Waals surface area contributed by atoms with Crippen molar-refractivity contribution < 1.29 is 80.2 Å². The quantitative estimate of drug-likeness (QED) is 0.0169. The number of phosphoric ester groups is 2. The molecule has 0 aromatic carbocycles. The van der Waals surface area contributed by atoms with Crippen molar-refractivity contribution in [3.8, 4) is 0 Å². The number of rotatable bonds is 72. The van der Waals surface area contributed by atoms with Crippen molar-refractivity contribution in [1.82, 2.24) is 0 Å². The summed E-state index contributed by atoms with van der Waals surface area (Å²) < 4.78 is 68.3. The van der Waals surface area contributed by atoms with E-state index in [-0.39, 0.29) is 25.7 Å². The maximum Gasteiger partial charge on any atom is 0.472 e. The second-order valence-electron chi connectivity index (χ2n) is 25.5. The minimum atomic E-state index is -5.03. The number of carbonyl (C=O) groups excluding carboxylic acids is 4. The van der Waals surface area contributed by atoms with E-state index in [0.717, 1.165) is 116 Å². The van der Waals surface area contributed by atoms with Gasteiger partial charge in [-0.2, -0.15) is 0 Å². The first kappa shape index (κ1) is 99.9. The van der Waals surface area contributed by atoms with Crippen molar-refractivity contribution in [3.05, 3.63) is 194 Å². The maximum atomic E-state index is 13.1. The van der Waals surface area contributed by atoms with Crippen molar-refractivity contribution in [2.75, 3.05) is 39.6 Å². The molecule has 0 fully saturated rings. The SMILES string of the molecule is CC/C=C\C/C=C\C/C=C\C/C=C\C/C=C\C/C=C\CCC(=O)OCC(COP(=O)(O)OCC(O)COP(=O)(O)OCC(COC(=O)C/C=C\C/C=C\C/C=C\C/C=C\C/C=C\CC)OC(=O)CCCCCCCCCCCCCCCCC)OC(=O)CCC/C=C\C/C=C\C/C=C\C/C=C\C/C=C\CC. The molecule has 0 aliphatic carbocycles. The lowest BCUT2D eigenvalue weighted by molar-refractivity contribution is -0.161. The fraction of sp³-hybridized carbons (Fsp3) is 0.586. The van der Waals surface area contributed by atoms with Crippen LogP contribution in [0.5, 0.6) is 0 Å². The van der Waals surface area contributed by atoms with Crippen LogP contribution in [0.2, 0.25) is 0 Å². The molecule has 0 aromatic rings. The summed E-state index contributed by atoms with van der Waals surface area (Å²) in [4.78, 5) is 72.9. The topological polar surface area (TPSA) is 237 Å². The van der Waals surface area contributed by atoms with Crippen LogP contribution in [0.4, 0.5) is 0 Å². The molecule has 0 spiro atoms. The van der Waals surface area contributed by atoms with Crippen LogP contribution in [0.1, 0.15) is 272 Å². The summed E-state index contributed by atoms with van der Waals surface area (Å²) in [5.74, 6) is -2.51. The molecule has 0 saturated carbocycles. The van der Waals surface area contributed by atoms with Gasteiger partial charge < -0.3 is 33.8 Å². The standard InChI is InChI=1S/C87H138O17P2/c1-5-9-13-17-21-25-29-33-37-39-40-42-45-48-52-56-60-64-68-72-85(90)98-78-83(104-87(92)74-70-66-62-58-54-50-46-41-38-34-30-26-22-18-14-10-6-2)80-102-106(95,96)100-76-81(88)75-99-105(93,94)101-79-82(103-86(91)73-69-65-61-57-53-49-44-36-32-28-24-20-16-12-8-4)77-97-84(89)71-67-63-59-55-51-47-43-35-31-27-23-19-15-11-7-3/h9-11,13-15,21-23,25-27,33-35,37-38,40,42-43,46,48,50-52,55,58,60,62-64,67,81-83,88H,5-8,12,16-20,24,28-32,36,39,41,44-45,47,49,53-54,56-57,59,61,65-66,68-80H2,1-4H3,(H,93,94)(H,95,96)/b13-9-,14-10-,15-11-,25-21-,26-22-,27-23-,37-33-,38-34-,42-40-,43-35-,50-46-,52-48-,55-51-,62-58-,64-60-,67-63-. The zero-order chi connectivity index (χ0) is 77.4. The summed E-state index contributed by atoms with van der Waals surface area (Å²) in [5.41, 5.74) is 0. The number of aliphatic hydroxyl groups is 1. The molecule has 0 bridgehead atoms. The van der Waals surface area contributed by atoms with Gasteiger partial charge in [-0.05, 0) is 128 Å². The third-order valence-electron chi connectivity index (χ3n) is 15.6. The van der Waals surface area contributed by atoms with E-state index in [1.165, 1.54) is 64.2 Å². The summed E-state index contributed by atoms with van der Waals surface area (Å²) in [5, 5.41) is 10.6. The van der Waals surface area contributed by atoms with Gasteiger partial charge >= 0.3 is 39.5 Å². The van der Waals surface area contributed by atoms with Crippen LogP contribution in [0.25, 0.3) is 0 Å². The molecule has 3 N–H and O–H groups in total. The zero-order valence-corrected chi connectivity index (χ0v) is 67.1. The molecule has 0 aliphatic rings. The predicted molar refractivity (Wildman–Crippen MR) is 436 cm³/mol. The van der Waals surface area contributed by atoms with Crippen molar-refractivity contribution in [2.45, 2.75) is 290 Å². The van der Waals surface area contributed by atoms with Crippen LogP contribution in [-0.4, -0.2) is 96.7 Å². The van der Waals surface area contributed by atoms with Gasteiger partial charge in [0.15, 0.2) is 12.2 Å². The average molecular weight is 1520 g/mol. The van der Waals surface area contributed by atoms with Crippen LogP contribution < -0.4 is 0 Å². The second-order valence-corrected chi connectivity index (χ2v) is 28.4. The van der Waals surface area contributed by atoms with Gasteiger partial charge in [-0.1, -0.05) is 312 Å². The molecule has 0 rings (SSSR count). The minimum absolute atomic E-state index is 0.00930. The molecule has 0 amide bonds. The first-order chi connectivity index (χ1) is 51.7. The van der Waals surface area contributed by atoms with Gasteiger partial charge in [-0.3, -0.25) is 37.3 Å². The molecule has 598 valence electrons. The smallest absolute Gasteiger partial charge is 0.462 e. The molecular weight excluding hydrogens is 1380 g/mol. The van der Waals surface area contributed by atoms with Crippen LogP contribution in [-0.2, 0) is 65.4 Å². The summed E-state index contributed by atoms with van der Waals surface area (Å²) in [6, 6.07) is 0. The molecule has 17 nitrogen and oxygen atoms in total. The van der Waals surface area contributed by atoms with E-state index in [1.54, 1.807) is 6.08 Å². The van der Waals surface area contributed by atoms with Gasteiger partial charge in [0.25, 0.3) is 0 Å². The number of carbonyl (C=O) groups is 4. The average Bonchev–Trinajstić information content (AvgIpc) is 0.902. The van der Waals surface area contributed by atoms with E-state index in [9.17, 15) is 43.2 Å². The monoisotopic (exact) mass is 1520 g/mol. The number of unbranched alkanes of at least 4 members (excludes halogenated alkanes) is 15. The lowest BCUT2D eigenvalue weighted by atomic mass is 10.0. The Kier molecular flexibility index (Phi) is 72.6. The van der Waals surface area contributed by atoms with E-state index in [0.29, 0.717) is 38.5 Å². The van der Waals surface area contributed by atoms with Crippen molar-refractivity contribution in [1.29, 1.82) is 0 Å². The third kappa shape index (κ3) is 76.1. The number of ether oxygens (including phenoxy) is 4. The molecular formula is C87H138O17P2. The Hall–Kier alpha value is -6.10. The Morgan fingerprint density at radius 3 is 0.877 bits per heavy atom. The molecule has 0 radical (unpaired) electrons. The molecule has 5 atom stereocenters. The summed E-state index contributed by atoms with van der Waals surface area (Å²) in [6.45, 7) is 4.24. The van der Waals surface area contributed by atoms with Crippen LogP contribution in [0.3, 0.4) is 0 Å². The second kappa shape index (κ2) is 77.1. The molecule has 5 unspecified atom stereocenters. The van der Waals surface area contributed by atoms with Gasteiger partial charge in [0.2, 0.25) is 0 Å². The van der Waals surface area contributed by atoms with Crippen molar-refractivity contribution >= 4 is 39.5 Å². The normalized spacial score (nSPS) is 14.9. The summed E-state index contributed by atoms with van der Waals surface area (Å²) >= 11 is 0. The largest absolute Gasteiger partial charge is 0.472 e. The highest BCUT2D eigenvalue weighted by Gasteiger charge is 2.30. The van der Waals surface area contributed by atoms with E-state index < -0.39 is 97.5 Å². The predicted octanol–water partition coefficient (Wildman–Crippen LogP) is 23.3. The van der Waals surface area contributed by atoms with Gasteiger partial charge in [0.05, 0.1) is 32.8 Å². The van der Waals surface area contributed by atoms with E-state index >= 15 is 0 Å². The summed E-state index contributed by atoms with van der Waals surface area (Å²) in [7, 11) is -10.0. The van der Waals surface area contributed by atoms with Crippen LogP contribution in [0, 0.1) is 0 Å². The highest BCUT2D eigenvalue weighted by Crippen LogP contribution is 2.45. The third-order valence-corrected chi connectivity index (χ3v) is 17.5. The lowest BCUT2D eigenvalue weighted by Gasteiger charge is -2.21. The Labute approximate surface area is 640 Å². The van der Waals surface area contributed by atoms with Gasteiger partial charge in [-0.25, -0.2) is 9.13 Å². The summed E-state index contributed by atoms with van der Waals surface area (Å²) in [6.07, 6.45) is 94.7. The molecule has 0 aliphatic heterocycles. The molecule has 0 heterocycles. The Morgan fingerprint density at radius 1 is 0.283 bits per heavy atom. The van der Waals surface area contributed by atoms with E-state index in [2.05, 4.69) is 167 Å². The molecule has 19 heteroatoms. The Balaban J connectivity index is 5.56. The first-order valence-corrected chi connectivity index (χ1v) is 42.7. The highest BCUT2D eigenvalue weighted by atomic mass is 31.2. The molecule has 0 aromatic heterocycles. The fourth-order valence-electron chi connectivity index (χ4n) is 9.71. The van der Waals surface area contributed by atoms with E-state index in [1.807, 2.05) is 48.6 Å².